The van der Waals surface area contributed by atoms with Gasteiger partial charge in [0.1, 0.15) is 4.90 Å². The Bertz CT molecular complexity index is 2120. The van der Waals surface area contributed by atoms with Crippen LogP contribution in [0.3, 0.4) is 0 Å². The van der Waals surface area contributed by atoms with Crippen LogP contribution in [0, 0.1) is 0 Å². The van der Waals surface area contributed by atoms with E-state index in [-0.39, 0.29) is 17.4 Å². The Hall–Kier alpha value is -4.32. The van der Waals surface area contributed by atoms with Gasteiger partial charge in [-0.15, -0.1) is 0 Å². The average molecular weight is 828 g/mol. The first-order valence-corrected chi connectivity index (χ1v) is 21.6. The molecule has 0 radical (unpaired) electrons. The van der Waals surface area contributed by atoms with Crippen LogP contribution in [0.4, 0.5) is 5.69 Å². The molecule has 2 saturated heterocycles. The largest absolute Gasteiger partial charge is 0.392 e. The van der Waals surface area contributed by atoms with Crippen LogP contribution in [-0.2, 0) is 49.8 Å². The van der Waals surface area contributed by atoms with Crippen LogP contribution in [0.15, 0.2) is 120 Å². The van der Waals surface area contributed by atoms with E-state index in [1.807, 2.05) is 60.7 Å². The lowest BCUT2D eigenvalue weighted by Gasteiger charge is -2.44. The molecule has 0 spiro atoms. The molecule has 314 valence electrons. The number of anilines is 1. The maximum atomic E-state index is 13.8. The molecule has 0 saturated carbocycles. The quantitative estimate of drug-likeness (QED) is 0.183. The van der Waals surface area contributed by atoms with Gasteiger partial charge in [0.15, 0.2) is 6.29 Å². The molecule has 2 fully saturated rings. The number of ether oxygens (including phenoxy) is 7. The highest BCUT2D eigenvalue weighted by Crippen LogP contribution is 2.47. The highest BCUT2D eigenvalue weighted by atomic mass is 32.2. The molecule has 1 unspecified atom stereocenters. The summed E-state index contributed by atoms with van der Waals surface area (Å²) in [6, 6.07) is 33.8. The van der Waals surface area contributed by atoms with E-state index in [0.29, 0.717) is 102 Å². The van der Waals surface area contributed by atoms with Crippen LogP contribution in [0.5, 0.6) is 0 Å². The van der Waals surface area contributed by atoms with Crippen molar-refractivity contribution in [3.8, 4) is 0 Å². The summed E-state index contributed by atoms with van der Waals surface area (Å²) in [4.78, 5) is 6.73. The van der Waals surface area contributed by atoms with Gasteiger partial charge in [0, 0.05) is 48.4 Å². The molecule has 0 amide bonds. The zero-order valence-corrected chi connectivity index (χ0v) is 33.9. The summed E-state index contributed by atoms with van der Waals surface area (Å²) in [6.45, 7) is 6.45. The maximum Gasteiger partial charge on any atom is 0.264 e. The molecule has 1 aromatic heterocycles. The standard InChI is InChI=1S/C45H53N3O10S/c49-33-34-14-16-37(17-15-34)44-42(35-7-2-1-3-8-35)40(32-48-19-21-52-23-25-54-27-29-56-30-28-55-26-24-53-22-20-48)57-45(58-44)38-10-4-12-39(31-38)47-59(50,51)41-13-5-9-36-11-6-18-46-43(36)41/h1-18,31,40,42,44-45,47,49H,19-30,32-33H2/t40-,42-,44+,45?/m1/s1. The lowest BCUT2D eigenvalue weighted by molar-refractivity contribution is -0.263. The van der Waals surface area contributed by atoms with Crippen LogP contribution in [0.2, 0.25) is 0 Å². The second-order valence-corrected chi connectivity index (χ2v) is 16.0. The fourth-order valence-electron chi connectivity index (χ4n) is 7.34. The second-order valence-electron chi connectivity index (χ2n) is 14.3. The zero-order chi connectivity index (χ0) is 40.7. The Kier molecular flexibility index (Phi) is 15.8. The van der Waals surface area contributed by atoms with E-state index >= 15 is 0 Å². The fourth-order valence-corrected chi connectivity index (χ4v) is 8.57. The van der Waals surface area contributed by atoms with Crippen molar-refractivity contribution in [2.75, 3.05) is 90.4 Å². The molecule has 2 aliphatic heterocycles. The van der Waals surface area contributed by atoms with E-state index in [1.165, 1.54) is 0 Å². The third-order valence-electron chi connectivity index (χ3n) is 10.3. The Morgan fingerprint density at radius 2 is 1.25 bits per heavy atom. The first kappa shape index (κ1) is 42.8. The third kappa shape index (κ3) is 11.9. The topological polar surface area (TPSA) is 147 Å². The lowest BCUT2D eigenvalue weighted by atomic mass is 9.83. The number of hydrogen-bond donors (Lipinski definition) is 2. The molecule has 4 atom stereocenters. The number of fused-ring (bicyclic) bond motifs is 1. The normalized spacial score (nSPS) is 22.6. The number of aliphatic hydroxyl groups excluding tert-OH is 1. The van der Waals surface area contributed by atoms with Crippen molar-refractivity contribution < 1.29 is 46.7 Å². The van der Waals surface area contributed by atoms with Gasteiger partial charge in [-0.1, -0.05) is 84.9 Å². The molecule has 4 aromatic carbocycles. The molecular formula is C45H53N3O10S. The highest BCUT2D eigenvalue weighted by Gasteiger charge is 2.42. The summed E-state index contributed by atoms with van der Waals surface area (Å²) in [5.41, 5.74) is 4.15. The molecule has 59 heavy (non-hydrogen) atoms. The number of aliphatic hydroxyl groups is 1. The van der Waals surface area contributed by atoms with Gasteiger partial charge in [-0.2, -0.15) is 0 Å². The molecule has 2 aliphatic rings. The van der Waals surface area contributed by atoms with E-state index in [0.717, 1.165) is 22.1 Å². The number of nitrogens with zero attached hydrogens (tertiary/aromatic N) is 2. The smallest absolute Gasteiger partial charge is 0.264 e. The van der Waals surface area contributed by atoms with Crippen molar-refractivity contribution in [3.63, 3.8) is 0 Å². The minimum Gasteiger partial charge on any atom is -0.392 e. The third-order valence-corrected chi connectivity index (χ3v) is 11.7. The van der Waals surface area contributed by atoms with Crippen molar-refractivity contribution in [1.82, 2.24) is 9.88 Å². The SMILES string of the molecule is O=S(=O)(Nc1cccc(C2O[C@H](CN3CCOCCOCCOCCOCCOCC3)[C@@H](c3ccccc3)[C@H](c3ccc(CO)cc3)O2)c1)c1cccc2cccnc12. The average Bonchev–Trinajstić information content (AvgIpc) is 3.26. The minimum atomic E-state index is -4.02. The van der Waals surface area contributed by atoms with E-state index in [4.69, 9.17) is 33.2 Å². The summed E-state index contributed by atoms with van der Waals surface area (Å²) < 4.78 is 73.3. The summed E-state index contributed by atoms with van der Waals surface area (Å²) in [5.74, 6) is -0.244. The van der Waals surface area contributed by atoms with Gasteiger partial charge in [0.25, 0.3) is 10.0 Å². The first-order valence-electron chi connectivity index (χ1n) is 20.1. The van der Waals surface area contributed by atoms with Gasteiger partial charge in [-0.25, -0.2) is 8.42 Å². The summed E-state index contributed by atoms with van der Waals surface area (Å²) in [7, 11) is -4.02. The number of para-hydroxylation sites is 1. The Morgan fingerprint density at radius 1 is 0.644 bits per heavy atom. The highest BCUT2D eigenvalue weighted by molar-refractivity contribution is 7.93. The zero-order valence-electron chi connectivity index (χ0n) is 33.1. The van der Waals surface area contributed by atoms with E-state index in [9.17, 15) is 13.5 Å². The van der Waals surface area contributed by atoms with Crippen LogP contribution >= 0.6 is 0 Å². The lowest BCUT2D eigenvalue weighted by Crippen LogP contribution is -2.46. The number of aromatic nitrogens is 1. The van der Waals surface area contributed by atoms with Crippen molar-refractivity contribution in [1.29, 1.82) is 0 Å². The fraction of sp³-hybridized carbons (Fsp3) is 0.400. The van der Waals surface area contributed by atoms with Gasteiger partial charge in [0.05, 0.1) is 90.4 Å². The molecule has 3 heterocycles. The van der Waals surface area contributed by atoms with E-state index in [2.05, 4.69) is 26.7 Å². The summed E-state index contributed by atoms with van der Waals surface area (Å²) in [5, 5.41) is 10.6. The Labute approximate surface area is 346 Å². The van der Waals surface area contributed by atoms with Crippen LogP contribution in [-0.4, -0.2) is 115 Å². The molecule has 0 bridgehead atoms. The van der Waals surface area contributed by atoms with Crippen LogP contribution in [0.1, 0.15) is 40.6 Å². The number of pyridine rings is 1. The van der Waals surface area contributed by atoms with Crippen LogP contribution in [0.25, 0.3) is 10.9 Å². The van der Waals surface area contributed by atoms with Crippen molar-refractivity contribution in [3.05, 3.63) is 138 Å². The number of nitrogens with one attached hydrogen (secondary N) is 1. The van der Waals surface area contributed by atoms with Gasteiger partial charge in [-0.3, -0.25) is 14.6 Å². The van der Waals surface area contributed by atoms with E-state index < -0.39 is 28.5 Å². The predicted octanol–water partition coefficient (Wildman–Crippen LogP) is 5.87. The Balaban J connectivity index is 1.18. The van der Waals surface area contributed by atoms with Gasteiger partial charge >= 0.3 is 0 Å². The number of rotatable bonds is 9. The van der Waals surface area contributed by atoms with Crippen molar-refractivity contribution in [2.45, 2.75) is 35.9 Å². The maximum absolute atomic E-state index is 13.8. The molecule has 5 aromatic rings. The van der Waals surface area contributed by atoms with Gasteiger partial charge < -0.3 is 38.3 Å². The van der Waals surface area contributed by atoms with Crippen LogP contribution < -0.4 is 4.72 Å². The number of hydrogen-bond acceptors (Lipinski definition) is 12. The molecule has 2 N–H and O–H groups in total. The molecule has 13 nitrogen and oxygen atoms in total. The second kappa shape index (κ2) is 21.8. The number of sulfonamides is 1. The number of benzene rings is 4. The molecule has 0 aliphatic carbocycles. The van der Waals surface area contributed by atoms with Crippen molar-refractivity contribution >= 4 is 26.6 Å². The summed E-state index contributed by atoms with van der Waals surface area (Å²) >= 11 is 0. The summed E-state index contributed by atoms with van der Waals surface area (Å²) in [6.07, 6.45) is -0.150. The van der Waals surface area contributed by atoms with E-state index in [1.54, 1.807) is 42.6 Å². The van der Waals surface area contributed by atoms with Gasteiger partial charge in [0.2, 0.25) is 0 Å². The van der Waals surface area contributed by atoms with Crippen molar-refractivity contribution in [2.24, 2.45) is 0 Å². The molecule has 7 rings (SSSR count). The molecule has 14 heteroatoms. The predicted molar refractivity (Wildman–Crippen MR) is 223 cm³/mol. The monoisotopic (exact) mass is 827 g/mol. The van der Waals surface area contributed by atoms with Gasteiger partial charge in [-0.05, 0) is 41.0 Å². The first-order chi connectivity index (χ1) is 29.0. The minimum absolute atomic E-state index is 0.0778. The molecular weight excluding hydrogens is 775 g/mol. The Morgan fingerprint density at radius 3 is 1.92 bits per heavy atom.